The van der Waals surface area contributed by atoms with Gasteiger partial charge >= 0.3 is 0 Å². The molecule has 1 fully saturated rings. The molecule has 0 saturated carbocycles. The average molecular weight is 367 g/mol. The van der Waals surface area contributed by atoms with Crippen LogP contribution in [0, 0.1) is 0 Å². The van der Waals surface area contributed by atoms with Gasteiger partial charge in [-0.2, -0.15) is 0 Å². The largest absolute Gasteiger partial charge is 0.497 e. The van der Waals surface area contributed by atoms with Crippen LogP contribution in [0.25, 0.3) is 0 Å². The third-order valence-electron chi connectivity index (χ3n) is 5.30. The molecular formula is C22H29N3O2. The van der Waals surface area contributed by atoms with Gasteiger partial charge in [-0.3, -0.25) is 9.69 Å². The summed E-state index contributed by atoms with van der Waals surface area (Å²) in [5.74, 6) is 1.05. The maximum absolute atomic E-state index is 12.8. The molecule has 1 amide bonds. The number of amides is 1. The smallest absolute Gasteiger partial charge is 0.239 e. The van der Waals surface area contributed by atoms with Crippen molar-refractivity contribution in [2.24, 2.45) is 0 Å². The molecule has 0 spiro atoms. The van der Waals surface area contributed by atoms with Crippen molar-refractivity contribution >= 4 is 11.6 Å². The minimum Gasteiger partial charge on any atom is -0.497 e. The number of hydrogen-bond donors (Lipinski definition) is 0. The molecule has 144 valence electrons. The summed E-state index contributed by atoms with van der Waals surface area (Å²) in [6.45, 7) is 6.29. The summed E-state index contributed by atoms with van der Waals surface area (Å²) >= 11 is 0. The summed E-state index contributed by atoms with van der Waals surface area (Å²) in [7, 11) is 3.57. The van der Waals surface area contributed by atoms with Crippen molar-refractivity contribution in [2.75, 3.05) is 45.2 Å². The second-order valence-electron chi connectivity index (χ2n) is 7.08. The van der Waals surface area contributed by atoms with Gasteiger partial charge in [0.1, 0.15) is 5.75 Å². The fourth-order valence-corrected chi connectivity index (χ4v) is 3.57. The lowest BCUT2D eigenvalue weighted by Crippen LogP contribution is -2.54. The lowest BCUT2D eigenvalue weighted by Gasteiger charge is -2.39. The van der Waals surface area contributed by atoms with E-state index < -0.39 is 0 Å². The standard InChI is InChI=1S/C22H29N3O2/c1-18(22(26)23(2)17-19-7-5-4-6-8-19)24-13-15-25(16-14-24)20-9-11-21(27-3)12-10-20/h4-12,18H,13-17H2,1-3H3/t18-/m0/s1. The molecule has 0 N–H and O–H groups in total. The van der Waals surface area contributed by atoms with Crippen LogP contribution in [-0.2, 0) is 11.3 Å². The third kappa shape index (κ3) is 4.80. The number of carbonyl (C=O) groups excluding carboxylic acids is 1. The number of rotatable bonds is 6. The molecule has 2 aromatic rings. The van der Waals surface area contributed by atoms with Gasteiger partial charge in [-0.1, -0.05) is 30.3 Å². The van der Waals surface area contributed by atoms with Crippen LogP contribution >= 0.6 is 0 Å². The Balaban J connectivity index is 1.52. The molecule has 0 aromatic heterocycles. The highest BCUT2D eigenvalue weighted by molar-refractivity contribution is 5.81. The molecule has 3 rings (SSSR count). The zero-order chi connectivity index (χ0) is 19.2. The van der Waals surface area contributed by atoms with Gasteiger partial charge in [-0.15, -0.1) is 0 Å². The van der Waals surface area contributed by atoms with Crippen molar-refractivity contribution in [3.05, 3.63) is 60.2 Å². The van der Waals surface area contributed by atoms with Crippen molar-refractivity contribution in [3.63, 3.8) is 0 Å². The molecular weight excluding hydrogens is 338 g/mol. The molecule has 27 heavy (non-hydrogen) atoms. The van der Waals surface area contributed by atoms with Crippen LogP contribution < -0.4 is 9.64 Å². The number of nitrogens with zero attached hydrogens (tertiary/aromatic N) is 3. The number of benzene rings is 2. The van der Waals surface area contributed by atoms with Crippen LogP contribution in [0.5, 0.6) is 5.75 Å². The minimum absolute atomic E-state index is 0.100. The molecule has 1 saturated heterocycles. The van der Waals surface area contributed by atoms with Gasteiger partial charge in [0.05, 0.1) is 13.2 Å². The highest BCUT2D eigenvalue weighted by Gasteiger charge is 2.27. The van der Waals surface area contributed by atoms with E-state index in [0.29, 0.717) is 6.54 Å². The fraction of sp³-hybridized carbons (Fsp3) is 0.409. The van der Waals surface area contributed by atoms with Gasteiger partial charge < -0.3 is 14.5 Å². The zero-order valence-corrected chi connectivity index (χ0v) is 16.5. The highest BCUT2D eigenvalue weighted by atomic mass is 16.5. The van der Waals surface area contributed by atoms with E-state index >= 15 is 0 Å². The van der Waals surface area contributed by atoms with Crippen LogP contribution in [0.15, 0.2) is 54.6 Å². The van der Waals surface area contributed by atoms with Gasteiger partial charge in [0.2, 0.25) is 5.91 Å². The Bertz CT molecular complexity index is 725. The maximum Gasteiger partial charge on any atom is 0.239 e. The Kier molecular flexibility index (Phi) is 6.35. The Morgan fingerprint density at radius 3 is 2.26 bits per heavy atom. The maximum atomic E-state index is 12.8. The van der Waals surface area contributed by atoms with E-state index in [1.165, 1.54) is 5.69 Å². The molecule has 0 bridgehead atoms. The molecule has 5 nitrogen and oxygen atoms in total. The second kappa shape index (κ2) is 8.91. The van der Waals surface area contributed by atoms with E-state index in [2.05, 4.69) is 34.1 Å². The number of piperazine rings is 1. The summed E-state index contributed by atoms with van der Waals surface area (Å²) < 4.78 is 5.23. The van der Waals surface area contributed by atoms with Gasteiger partial charge in [-0.05, 0) is 36.8 Å². The molecule has 0 aliphatic carbocycles. The average Bonchev–Trinajstić information content (AvgIpc) is 2.73. The molecule has 1 atom stereocenters. The second-order valence-corrected chi connectivity index (χ2v) is 7.08. The molecule has 1 aliphatic rings. The topological polar surface area (TPSA) is 36.0 Å². The van der Waals surface area contributed by atoms with Gasteiger partial charge in [0.25, 0.3) is 0 Å². The molecule has 1 aliphatic heterocycles. The van der Waals surface area contributed by atoms with Gasteiger partial charge in [0.15, 0.2) is 0 Å². The predicted octanol–water partition coefficient (Wildman–Crippen LogP) is 2.86. The van der Waals surface area contributed by atoms with E-state index in [4.69, 9.17) is 4.74 Å². The van der Waals surface area contributed by atoms with Crippen LogP contribution in [0.1, 0.15) is 12.5 Å². The van der Waals surface area contributed by atoms with E-state index in [1.54, 1.807) is 7.11 Å². The lowest BCUT2D eigenvalue weighted by atomic mass is 10.1. The summed E-state index contributed by atoms with van der Waals surface area (Å²) in [5.41, 5.74) is 2.36. The normalized spacial score (nSPS) is 16.0. The Morgan fingerprint density at radius 1 is 1.04 bits per heavy atom. The number of likely N-dealkylation sites (N-methyl/N-ethyl adjacent to an activating group) is 1. The van der Waals surface area contributed by atoms with Crippen LogP contribution in [0.3, 0.4) is 0 Å². The Hall–Kier alpha value is -2.53. The quantitative estimate of drug-likeness (QED) is 0.787. The van der Waals surface area contributed by atoms with Crippen molar-refractivity contribution in [1.82, 2.24) is 9.80 Å². The number of anilines is 1. The summed E-state index contributed by atoms with van der Waals surface area (Å²) in [4.78, 5) is 19.3. The molecule has 5 heteroatoms. The van der Waals surface area contributed by atoms with Gasteiger partial charge in [-0.25, -0.2) is 0 Å². The summed E-state index contributed by atoms with van der Waals surface area (Å²) in [5, 5.41) is 0. The minimum atomic E-state index is -0.100. The summed E-state index contributed by atoms with van der Waals surface area (Å²) in [6, 6.07) is 18.2. The Labute approximate surface area is 162 Å². The molecule has 0 unspecified atom stereocenters. The van der Waals surface area contributed by atoms with E-state index in [9.17, 15) is 4.79 Å². The van der Waals surface area contributed by atoms with Crippen molar-refractivity contribution in [3.8, 4) is 5.75 Å². The fourth-order valence-electron chi connectivity index (χ4n) is 3.57. The molecule has 2 aromatic carbocycles. The summed E-state index contributed by atoms with van der Waals surface area (Å²) in [6.07, 6.45) is 0. The molecule has 0 radical (unpaired) electrons. The Morgan fingerprint density at radius 2 is 1.67 bits per heavy atom. The first-order valence-corrected chi connectivity index (χ1v) is 9.50. The number of ether oxygens (including phenoxy) is 1. The van der Waals surface area contributed by atoms with E-state index in [0.717, 1.165) is 37.5 Å². The van der Waals surface area contributed by atoms with Crippen LogP contribution in [0.2, 0.25) is 0 Å². The van der Waals surface area contributed by atoms with E-state index in [1.807, 2.05) is 49.2 Å². The first kappa shape index (κ1) is 19.2. The number of carbonyl (C=O) groups is 1. The lowest BCUT2D eigenvalue weighted by molar-refractivity contribution is -0.135. The number of methoxy groups -OCH3 is 1. The first-order chi connectivity index (χ1) is 13.1. The van der Waals surface area contributed by atoms with E-state index in [-0.39, 0.29) is 11.9 Å². The van der Waals surface area contributed by atoms with Gasteiger partial charge in [0, 0.05) is 45.5 Å². The van der Waals surface area contributed by atoms with Crippen molar-refractivity contribution in [2.45, 2.75) is 19.5 Å². The van der Waals surface area contributed by atoms with Crippen molar-refractivity contribution < 1.29 is 9.53 Å². The molecule has 1 heterocycles. The van der Waals surface area contributed by atoms with Crippen molar-refractivity contribution in [1.29, 1.82) is 0 Å². The predicted molar refractivity (Wildman–Crippen MR) is 109 cm³/mol. The number of hydrogen-bond acceptors (Lipinski definition) is 4. The van der Waals surface area contributed by atoms with Crippen LogP contribution in [0.4, 0.5) is 5.69 Å². The zero-order valence-electron chi connectivity index (χ0n) is 16.5. The SMILES string of the molecule is COc1ccc(N2CCN([C@@H](C)C(=O)N(C)Cc3ccccc3)CC2)cc1. The third-order valence-corrected chi connectivity index (χ3v) is 5.30. The first-order valence-electron chi connectivity index (χ1n) is 9.50. The highest BCUT2D eigenvalue weighted by Crippen LogP contribution is 2.21. The monoisotopic (exact) mass is 367 g/mol. The van der Waals surface area contributed by atoms with Crippen LogP contribution in [-0.4, -0.2) is 62.1 Å².